The van der Waals surface area contributed by atoms with Crippen LogP contribution in [-0.2, 0) is 29.8 Å². The van der Waals surface area contributed by atoms with Crippen LogP contribution in [-0.4, -0.2) is 20.4 Å². The van der Waals surface area contributed by atoms with Crippen molar-refractivity contribution in [2.45, 2.75) is 71.0 Å². The summed E-state index contributed by atoms with van der Waals surface area (Å²) in [5, 5.41) is 0. The number of aryl methyl sites for hydroxylation is 1. The molecule has 1 aliphatic heterocycles. The minimum atomic E-state index is -0.361. The first kappa shape index (κ1) is 20.2. The SMILES string of the molecule is CC(C)CCn1c(CN2C(=O)C3(CCCC3)c3ccncc32)nc2cc(CN)ccc21. The Balaban J connectivity index is 1.57. The summed E-state index contributed by atoms with van der Waals surface area (Å²) in [5.74, 6) is 1.75. The molecule has 3 heterocycles. The maximum atomic E-state index is 13.7. The number of pyridine rings is 1. The fourth-order valence-electron chi connectivity index (χ4n) is 5.36. The van der Waals surface area contributed by atoms with Gasteiger partial charge in [-0.05, 0) is 54.5 Å². The monoisotopic (exact) mass is 417 g/mol. The number of benzene rings is 1. The summed E-state index contributed by atoms with van der Waals surface area (Å²) < 4.78 is 2.29. The molecule has 1 fully saturated rings. The Kier molecular flexibility index (Phi) is 5.05. The van der Waals surface area contributed by atoms with E-state index in [0.717, 1.165) is 72.3 Å². The number of hydrogen-bond donors (Lipinski definition) is 1. The summed E-state index contributed by atoms with van der Waals surface area (Å²) in [6.45, 7) is 6.33. The molecule has 1 aromatic carbocycles. The molecule has 1 amide bonds. The smallest absolute Gasteiger partial charge is 0.238 e. The molecule has 6 heteroatoms. The van der Waals surface area contributed by atoms with Gasteiger partial charge in [0.2, 0.25) is 5.91 Å². The summed E-state index contributed by atoms with van der Waals surface area (Å²) in [4.78, 5) is 25.0. The van der Waals surface area contributed by atoms with Gasteiger partial charge in [-0.3, -0.25) is 9.78 Å². The summed E-state index contributed by atoms with van der Waals surface area (Å²) >= 11 is 0. The quantitative estimate of drug-likeness (QED) is 0.649. The van der Waals surface area contributed by atoms with Crippen LogP contribution in [0.2, 0.25) is 0 Å². The molecule has 1 saturated carbocycles. The Hall–Kier alpha value is -2.73. The zero-order valence-electron chi connectivity index (χ0n) is 18.5. The van der Waals surface area contributed by atoms with Gasteiger partial charge in [-0.2, -0.15) is 0 Å². The van der Waals surface area contributed by atoms with E-state index in [1.807, 2.05) is 23.4 Å². The average Bonchev–Trinajstić information content (AvgIpc) is 3.45. The number of amides is 1. The van der Waals surface area contributed by atoms with Crippen molar-refractivity contribution in [1.82, 2.24) is 14.5 Å². The lowest BCUT2D eigenvalue weighted by Gasteiger charge is -2.23. The molecule has 2 N–H and O–H groups in total. The first-order valence-electron chi connectivity index (χ1n) is 11.5. The maximum Gasteiger partial charge on any atom is 0.238 e. The third kappa shape index (κ3) is 3.24. The van der Waals surface area contributed by atoms with E-state index in [2.05, 4.69) is 41.6 Å². The molecule has 0 saturated heterocycles. The molecule has 2 aromatic heterocycles. The fourth-order valence-corrected chi connectivity index (χ4v) is 5.36. The third-order valence-corrected chi connectivity index (χ3v) is 7.08. The Morgan fingerprint density at radius 3 is 2.74 bits per heavy atom. The minimum absolute atomic E-state index is 0.220. The number of rotatable bonds is 6. The number of nitrogens with zero attached hydrogens (tertiary/aromatic N) is 4. The van der Waals surface area contributed by atoms with Gasteiger partial charge in [-0.15, -0.1) is 0 Å². The molecule has 5 rings (SSSR count). The molecule has 0 radical (unpaired) electrons. The van der Waals surface area contributed by atoms with Crippen LogP contribution in [0.15, 0.2) is 36.7 Å². The summed E-state index contributed by atoms with van der Waals surface area (Å²) in [7, 11) is 0. The lowest BCUT2D eigenvalue weighted by atomic mass is 9.80. The Bertz CT molecular complexity index is 1130. The number of carbonyl (C=O) groups excluding carboxylic acids is 1. The van der Waals surface area contributed by atoms with Gasteiger partial charge < -0.3 is 15.2 Å². The highest BCUT2D eigenvalue weighted by Crippen LogP contribution is 2.51. The van der Waals surface area contributed by atoms with Gasteiger partial charge >= 0.3 is 0 Å². The fraction of sp³-hybridized carbons (Fsp3) is 0.480. The van der Waals surface area contributed by atoms with Crippen LogP contribution in [0.25, 0.3) is 11.0 Å². The summed E-state index contributed by atoms with van der Waals surface area (Å²) in [6, 6.07) is 8.32. The second-order valence-corrected chi connectivity index (χ2v) is 9.46. The number of fused-ring (bicyclic) bond motifs is 3. The van der Waals surface area contributed by atoms with Crippen molar-refractivity contribution in [2.75, 3.05) is 4.90 Å². The second kappa shape index (κ2) is 7.75. The van der Waals surface area contributed by atoms with Crippen LogP contribution in [0.4, 0.5) is 5.69 Å². The second-order valence-electron chi connectivity index (χ2n) is 9.46. The highest BCUT2D eigenvalue weighted by atomic mass is 16.2. The lowest BCUT2D eigenvalue weighted by Crippen LogP contribution is -2.38. The van der Waals surface area contributed by atoms with Crippen LogP contribution < -0.4 is 10.6 Å². The summed E-state index contributed by atoms with van der Waals surface area (Å²) in [5.41, 5.74) is 10.7. The highest BCUT2D eigenvalue weighted by Gasteiger charge is 2.52. The molecule has 0 bridgehead atoms. The predicted molar refractivity (Wildman–Crippen MR) is 123 cm³/mol. The highest BCUT2D eigenvalue weighted by molar-refractivity contribution is 6.08. The van der Waals surface area contributed by atoms with Crippen molar-refractivity contribution >= 4 is 22.6 Å². The molecule has 0 unspecified atom stereocenters. The Morgan fingerprint density at radius 1 is 1.19 bits per heavy atom. The Morgan fingerprint density at radius 2 is 2.00 bits per heavy atom. The number of imidazole rings is 1. The molecule has 3 aromatic rings. The predicted octanol–water partition coefficient (Wildman–Crippen LogP) is 4.29. The number of carbonyl (C=O) groups is 1. The molecule has 6 nitrogen and oxygen atoms in total. The molecule has 162 valence electrons. The zero-order chi connectivity index (χ0) is 21.6. The van der Waals surface area contributed by atoms with Crippen molar-refractivity contribution in [3.63, 3.8) is 0 Å². The van der Waals surface area contributed by atoms with E-state index < -0.39 is 0 Å². The zero-order valence-corrected chi connectivity index (χ0v) is 18.5. The lowest BCUT2D eigenvalue weighted by molar-refractivity contribution is -0.123. The van der Waals surface area contributed by atoms with Gasteiger partial charge in [0.15, 0.2) is 0 Å². The molecule has 1 spiro atoms. The molecule has 31 heavy (non-hydrogen) atoms. The van der Waals surface area contributed by atoms with Crippen LogP contribution in [0.3, 0.4) is 0 Å². The van der Waals surface area contributed by atoms with Gasteiger partial charge in [0, 0.05) is 19.3 Å². The van der Waals surface area contributed by atoms with Crippen LogP contribution in [0, 0.1) is 5.92 Å². The number of anilines is 1. The van der Waals surface area contributed by atoms with Crippen molar-refractivity contribution in [3.05, 3.63) is 53.6 Å². The number of aromatic nitrogens is 3. The van der Waals surface area contributed by atoms with E-state index in [1.54, 1.807) is 0 Å². The van der Waals surface area contributed by atoms with Gasteiger partial charge in [-0.25, -0.2) is 4.98 Å². The van der Waals surface area contributed by atoms with E-state index >= 15 is 0 Å². The molecular formula is C25H31N5O. The van der Waals surface area contributed by atoms with E-state index in [1.165, 1.54) is 0 Å². The minimum Gasteiger partial charge on any atom is -0.326 e. The topological polar surface area (TPSA) is 77.0 Å². The van der Waals surface area contributed by atoms with Crippen LogP contribution in [0.5, 0.6) is 0 Å². The van der Waals surface area contributed by atoms with E-state index in [9.17, 15) is 4.79 Å². The molecule has 0 atom stereocenters. The standard InChI is InChI=1S/C25H31N5O/c1-17(2)8-12-29-21-6-5-18(14-26)13-20(21)28-23(29)16-30-22-15-27-11-7-19(22)25(24(30)31)9-3-4-10-25/h5-7,11,13,15,17H,3-4,8-10,12,14,16,26H2,1-2H3. The first-order chi connectivity index (χ1) is 15.0. The van der Waals surface area contributed by atoms with Crippen molar-refractivity contribution in [2.24, 2.45) is 11.7 Å². The number of hydrogen-bond acceptors (Lipinski definition) is 4. The van der Waals surface area contributed by atoms with Crippen LogP contribution in [0.1, 0.15) is 62.9 Å². The van der Waals surface area contributed by atoms with Crippen molar-refractivity contribution in [1.29, 1.82) is 0 Å². The van der Waals surface area contributed by atoms with E-state index in [0.29, 0.717) is 19.0 Å². The van der Waals surface area contributed by atoms with Gasteiger partial charge in [0.1, 0.15) is 5.82 Å². The molecule has 2 aliphatic rings. The molecule has 1 aliphatic carbocycles. The maximum absolute atomic E-state index is 13.7. The van der Waals surface area contributed by atoms with Crippen molar-refractivity contribution in [3.8, 4) is 0 Å². The number of nitrogens with two attached hydrogens (primary N) is 1. The van der Waals surface area contributed by atoms with E-state index in [4.69, 9.17) is 10.7 Å². The average molecular weight is 418 g/mol. The van der Waals surface area contributed by atoms with Gasteiger partial charge in [0.05, 0.1) is 34.9 Å². The summed E-state index contributed by atoms with van der Waals surface area (Å²) in [6.07, 6.45) is 8.82. The van der Waals surface area contributed by atoms with E-state index in [-0.39, 0.29) is 11.3 Å². The molecular weight excluding hydrogens is 386 g/mol. The van der Waals surface area contributed by atoms with Gasteiger partial charge in [-0.1, -0.05) is 32.8 Å². The normalized spacial score (nSPS) is 17.4. The third-order valence-electron chi connectivity index (χ3n) is 7.08. The van der Waals surface area contributed by atoms with Crippen molar-refractivity contribution < 1.29 is 4.79 Å². The Labute approximate surface area is 183 Å². The van der Waals surface area contributed by atoms with Gasteiger partial charge in [0.25, 0.3) is 0 Å². The largest absolute Gasteiger partial charge is 0.326 e. The van der Waals surface area contributed by atoms with Crippen LogP contribution >= 0.6 is 0 Å². The first-order valence-corrected chi connectivity index (χ1v) is 11.5.